The standard InChI is InChI=1S/C32H32N2O8/c1-32-23(29(39)34(31(32)41)17-7-4-3-5-8-17)16-22-19(27(32)20-11-10-18(42-2)15-24(20)35)12-13-21-26(22)30(40)33(28(21)38)14-6-9-25(36)37/h3-5,7-8,10-12,15,21-23,26-27,35H,6,9,13-14,16H2,1-2H3,(H,36,37). The molecule has 2 aliphatic heterocycles. The molecule has 3 fully saturated rings. The van der Waals surface area contributed by atoms with E-state index in [0.717, 1.165) is 5.57 Å². The molecule has 0 bridgehead atoms. The third kappa shape index (κ3) is 3.95. The highest BCUT2D eigenvalue weighted by molar-refractivity contribution is 6.24. The molecular formula is C32H32N2O8. The zero-order chi connectivity index (χ0) is 29.9. The first-order valence-corrected chi connectivity index (χ1v) is 14.2. The van der Waals surface area contributed by atoms with Crippen LogP contribution in [-0.2, 0) is 24.0 Å². The molecule has 0 aromatic heterocycles. The van der Waals surface area contributed by atoms with E-state index in [0.29, 0.717) is 17.0 Å². The molecule has 2 aromatic carbocycles. The van der Waals surface area contributed by atoms with Gasteiger partial charge in [0, 0.05) is 30.5 Å². The summed E-state index contributed by atoms with van der Waals surface area (Å²) in [5, 5.41) is 20.3. The summed E-state index contributed by atoms with van der Waals surface area (Å²) in [6.07, 6.45) is 2.38. The maximum atomic E-state index is 14.3. The van der Waals surface area contributed by atoms with Crippen LogP contribution in [0.5, 0.6) is 11.5 Å². The molecule has 1 saturated carbocycles. The second-order valence-corrected chi connectivity index (χ2v) is 11.7. The van der Waals surface area contributed by atoms with Crippen LogP contribution < -0.4 is 9.64 Å². The lowest BCUT2D eigenvalue weighted by Gasteiger charge is -2.49. The summed E-state index contributed by atoms with van der Waals surface area (Å²) < 4.78 is 5.28. The van der Waals surface area contributed by atoms with Gasteiger partial charge in [0.15, 0.2) is 0 Å². The van der Waals surface area contributed by atoms with Gasteiger partial charge >= 0.3 is 5.97 Å². The fraction of sp³-hybridized carbons (Fsp3) is 0.406. The molecule has 6 unspecified atom stereocenters. The second kappa shape index (κ2) is 10.1. The molecule has 4 aliphatic rings. The number of fused-ring (bicyclic) bond motifs is 4. The molecular weight excluding hydrogens is 540 g/mol. The Morgan fingerprint density at radius 3 is 2.43 bits per heavy atom. The second-order valence-electron chi connectivity index (χ2n) is 11.7. The maximum Gasteiger partial charge on any atom is 0.303 e. The molecule has 2 aliphatic carbocycles. The van der Waals surface area contributed by atoms with Crippen molar-refractivity contribution in [2.45, 2.75) is 38.5 Å². The number of carbonyl (C=O) groups is 5. The number of carboxylic acid groups (broad SMARTS) is 1. The number of aromatic hydroxyl groups is 1. The number of methoxy groups -OCH3 is 1. The smallest absolute Gasteiger partial charge is 0.303 e. The minimum Gasteiger partial charge on any atom is -0.508 e. The Balaban J connectivity index is 1.46. The Kier molecular flexibility index (Phi) is 6.67. The van der Waals surface area contributed by atoms with E-state index in [1.165, 1.54) is 23.0 Å². The van der Waals surface area contributed by atoms with Crippen LogP contribution in [0.15, 0.2) is 60.2 Å². The summed E-state index contributed by atoms with van der Waals surface area (Å²) in [7, 11) is 1.48. The topological polar surface area (TPSA) is 142 Å². The van der Waals surface area contributed by atoms with Crippen molar-refractivity contribution in [1.82, 2.24) is 4.90 Å². The maximum absolute atomic E-state index is 14.3. The molecule has 42 heavy (non-hydrogen) atoms. The van der Waals surface area contributed by atoms with Gasteiger partial charge in [0.1, 0.15) is 11.5 Å². The lowest BCUT2D eigenvalue weighted by atomic mass is 9.51. The van der Waals surface area contributed by atoms with Gasteiger partial charge in [0.25, 0.3) is 0 Å². The number of nitrogens with zero attached hydrogens (tertiary/aromatic N) is 2. The number of carbonyl (C=O) groups excluding carboxylic acids is 4. The Hall–Kier alpha value is -4.47. The molecule has 2 heterocycles. The van der Waals surface area contributed by atoms with E-state index in [1.807, 2.05) is 6.08 Å². The minimum absolute atomic E-state index is 0.0159. The van der Waals surface area contributed by atoms with E-state index in [9.17, 15) is 29.1 Å². The summed E-state index contributed by atoms with van der Waals surface area (Å²) >= 11 is 0. The number of allylic oxidation sites excluding steroid dienone is 2. The molecule has 6 atom stereocenters. The van der Waals surface area contributed by atoms with E-state index in [1.54, 1.807) is 49.4 Å². The quantitative estimate of drug-likeness (QED) is 0.379. The lowest BCUT2D eigenvalue weighted by Crippen LogP contribution is -2.48. The molecule has 2 N–H and O–H groups in total. The Morgan fingerprint density at radius 1 is 1.02 bits per heavy atom. The first kappa shape index (κ1) is 27.7. The summed E-state index contributed by atoms with van der Waals surface area (Å²) in [5.74, 6) is -5.53. The van der Waals surface area contributed by atoms with Gasteiger partial charge in [0.2, 0.25) is 23.6 Å². The molecule has 2 saturated heterocycles. The van der Waals surface area contributed by atoms with E-state index >= 15 is 0 Å². The number of anilines is 1. The predicted molar refractivity (Wildman–Crippen MR) is 149 cm³/mol. The van der Waals surface area contributed by atoms with Gasteiger partial charge in [-0.25, -0.2) is 4.90 Å². The number of phenolic OH excluding ortho intramolecular Hbond substituents is 1. The average Bonchev–Trinajstić information content (AvgIpc) is 3.33. The van der Waals surface area contributed by atoms with Gasteiger partial charge in [-0.3, -0.25) is 28.9 Å². The summed E-state index contributed by atoms with van der Waals surface area (Å²) in [4.78, 5) is 69.0. The fourth-order valence-corrected chi connectivity index (χ4v) is 7.75. The van der Waals surface area contributed by atoms with Crippen LogP contribution in [0.4, 0.5) is 5.69 Å². The van der Waals surface area contributed by atoms with E-state index < -0.39 is 41.0 Å². The van der Waals surface area contributed by atoms with E-state index in [4.69, 9.17) is 9.84 Å². The largest absolute Gasteiger partial charge is 0.508 e. The van der Waals surface area contributed by atoms with Crippen LogP contribution in [0.3, 0.4) is 0 Å². The summed E-state index contributed by atoms with van der Waals surface area (Å²) in [6, 6.07) is 13.6. The fourth-order valence-electron chi connectivity index (χ4n) is 7.75. The zero-order valence-electron chi connectivity index (χ0n) is 23.4. The highest BCUT2D eigenvalue weighted by Crippen LogP contribution is 2.64. The molecule has 10 heteroatoms. The average molecular weight is 573 g/mol. The number of likely N-dealkylation sites (tertiary alicyclic amines) is 1. The van der Waals surface area contributed by atoms with Crippen molar-refractivity contribution in [3.63, 3.8) is 0 Å². The van der Waals surface area contributed by atoms with Crippen LogP contribution >= 0.6 is 0 Å². The number of hydrogen-bond donors (Lipinski definition) is 2. The van der Waals surface area contributed by atoms with Gasteiger partial charge in [-0.15, -0.1) is 0 Å². The molecule has 0 radical (unpaired) electrons. The number of rotatable bonds is 7. The predicted octanol–water partition coefficient (Wildman–Crippen LogP) is 3.50. The summed E-state index contributed by atoms with van der Waals surface area (Å²) in [5.41, 5.74) is 0.400. The first-order chi connectivity index (χ1) is 20.1. The lowest BCUT2D eigenvalue weighted by molar-refractivity contribution is -0.142. The van der Waals surface area contributed by atoms with Crippen LogP contribution in [-0.4, -0.2) is 58.4 Å². The SMILES string of the molecule is COc1ccc(C2C3=CCC4C(=O)N(CCCC(=O)O)C(=O)C4C3CC3C(=O)N(c4ccccc4)C(=O)C32C)c(O)c1. The van der Waals surface area contributed by atoms with Gasteiger partial charge in [0.05, 0.1) is 36.0 Å². The zero-order valence-corrected chi connectivity index (χ0v) is 23.4. The van der Waals surface area contributed by atoms with E-state index in [2.05, 4.69) is 0 Å². The van der Waals surface area contributed by atoms with Gasteiger partial charge in [-0.2, -0.15) is 0 Å². The van der Waals surface area contributed by atoms with Crippen molar-refractivity contribution in [3.05, 3.63) is 65.7 Å². The minimum atomic E-state index is -1.26. The highest BCUT2D eigenvalue weighted by Gasteiger charge is 2.67. The summed E-state index contributed by atoms with van der Waals surface area (Å²) in [6.45, 7) is 1.78. The molecule has 218 valence electrons. The molecule has 6 rings (SSSR count). The number of benzene rings is 2. The van der Waals surface area contributed by atoms with Crippen molar-refractivity contribution in [1.29, 1.82) is 0 Å². The molecule has 2 aromatic rings. The van der Waals surface area contributed by atoms with Crippen molar-refractivity contribution < 1.29 is 38.9 Å². The number of para-hydroxylation sites is 1. The number of hydrogen-bond acceptors (Lipinski definition) is 7. The number of phenols is 1. The number of imide groups is 2. The highest BCUT2D eigenvalue weighted by atomic mass is 16.5. The number of ether oxygens (including phenoxy) is 1. The van der Waals surface area contributed by atoms with Crippen molar-refractivity contribution >= 4 is 35.3 Å². The molecule has 0 spiro atoms. The van der Waals surface area contributed by atoms with Crippen LogP contribution in [0.25, 0.3) is 0 Å². The normalized spacial score (nSPS) is 30.1. The Morgan fingerprint density at radius 2 is 1.76 bits per heavy atom. The Labute approximate surface area is 242 Å². The third-order valence-corrected chi connectivity index (χ3v) is 9.70. The first-order valence-electron chi connectivity index (χ1n) is 14.2. The third-order valence-electron chi connectivity index (χ3n) is 9.70. The van der Waals surface area contributed by atoms with Gasteiger partial charge < -0.3 is 14.9 Å². The molecule has 4 amide bonds. The van der Waals surface area contributed by atoms with Crippen molar-refractivity contribution in [2.75, 3.05) is 18.6 Å². The molecule has 10 nitrogen and oxygen atoms in total. The van der Waals surface area contributed by atoms with Crippen LogP contribution in [0.1, 0.15) is 44.1 Å². The number of aliphatic carboxylic acids is 1. The van der Waals surface area contributed by atoms with Gasteiger partial charge in [-0.1, -0.05) is 35.9 Å². The number of carboxylic acids is 1. The van der Waals surface area contributed by atoms with Gasteiger partial charge in [-0.05, 0) is 50.3 Å². The van der Waals surface area contributed by atoms with Crippen molar-refractivity contribution in [3.8, 4) is 11.5 Å². The van der Waals surface area contributed by atoms with Crippen LogP contribution in [0.2, 0.25) is 0 Å². The van der Waals surface area contributed by atoms with Crippen molar-refractivity contribution in [2.24, 2.45) is 29.1 Å². The van der Waals surface area contributed by atoms with Crippen LogP contribution in [0, 0.1) is 29.1 Å². The Bertz CT molecular complexity index is 1530. The monoisotopic (exact) mass is 572 g/mol. The number of amides is 4. The van der Waals surface area contributed by atoms with E-state index in [-0.39, 0.29) is 61.6 Å².